The Morgan fingerprint density at radius 2 is 2.24 bits per heavy atom. The lowest BCUT2D eigenvalue weighted by atomic mass is 9.93. The smallest absolute Gasteiger partial charge is 0.338 e. The summed E-state index contributed by atoms with van der Waals surface area (Å²) in [5, 5.41) is 12.0. The molecule has 0 spiro atoms. The van der Waals surface area contributed by atoms with Gasteiger partial charge in [0.15, 0.2) is 0 Å². The van der Waals surface area contributed by atoms with E-state index in [4.69, 9.17) is 9.52 Å². The van der Waals surface area contributed by atoms with Crippen LogP contribution in [0.4, 0.5) is 0 Å². The summed E-state index contributed by atoms with van der Waals surface area (Å²) in [4.78, 5) is 27.3. The van der Waals surface area contributed by atoms with E-state index in [1.807, 2.05) is 6.07 Å². The number of carboxylic acid groups (broad SMARTS) is 1. The van der Waals surface area contributed by atoms with E-state index in [9.17, 15) is 9.59 Å². The van der Waals surface area contributed by atoms with Crippen LogP contribution in [-0.4, -0.2) is 22.0 Å². The number of amides is 1. The third-order valence-electron chi connectivity index (χ3n) is 3.61. The van der Waals surface area contributed by atoms with Crippen molar-refractivity contribution in [3.63, 3.8) is 0 Å². The topological polar surface area (TPSA) is 92.4 Å². The molecule has 0 saturated heterocycles. The van der Waals surface area contributed by atoms with Gasteiger partial charge in [-0.2, -0.15) is 0 Å². The van der Waals surface area contributed by atoms with Crippen LogP contribution in [-0.2, 0) is 6.42 Å². The van der Waals surface area contributed by atoms with Crippen LogP contribution in [0.1, 0.15) is 51.1 Å². The maximum atomic E-state index is 12.3. The number of hydrogen-bond acceptors (Lipinski definition) is 4. The summed E-state index contributed by atoms with van der Waals surface area (Å²) in [6.45, 7) is 0. The first-order valence-electron chi connectivity index (χ1n) is 6.72. The third kappa shape index (κ3) is 2.52. The van der Waals surface area contributed by atoms with E-state index >= 15 is 0 Å². The lowest BCUT2D eigenvalue weighted by Gasteiger charge is -2.22. The van der Waals surface area contributed by atoms with Crippen LogP contribution < -0.4 is 5.32 Å². The standard InChI is InChI=1S/C15H14N2O4/c18-14(13-10(15(19)20)3-2-7-16-13)17-11-4-1-5-12-9(11)6-8-21-12/h2-3,6-8,11H,1,4-5H2,(H,17,18)(H,19,20). The maximum absolute atomic E-state index is 12.3. The number of nitrogens with one attached hydrogen (secondary N) is 1. The second-order valence-corrected chi connectivity index (χ2v) is 4.92. The highest BCUT2D eigenvalue weighted by molar-refractivity contribution is 6.03. The Hall–Kier alpha value is -2.63. The third-order valence-corrected chi connectivity index (χ3v) is 3.61. The van der Waals surface area contributed by atoms with Gasteiger partial charge in [0, 0.05) is 18.2 Å². The molecular formula is C15H14N2O4. The number of aryl methyl sites for hydroxylation is 1. The first-order valence-corrected chi connectivity index (χ1v) is 6.72. The fourth-order valence-corrected chi connectivity index (χ4v) is 2.62. The molecule has 6 nitrogen and oxygen atoms in total. The number of carbonyl (C=O) groups is 2. The van der Waals surface area contributed by atoms with E-state index in [1.54, 1.807) is 6.26 Å². The summed E-state index contributed by atoms with van der Waals surface area (Å²) in [5.41, 5.74) is 0.793. The van der Waals surface area contributed by atoms with Gasteiger partial charge in [-0.15, -0.1) is 0 Å². The molecule has 0 radical (unpaired) electrons. The molecule has 2 aromatic heterocycles. The summed E-state index contributed by atoms with van der Waals surface area (Å²) >= 11 is 0. The van der Waals surface area contributed by atoms with Gasteiger partial charge in [0.1, 0.15) is 11.5 Å². The number of carboxylic acids is 1. The first-order chi connectivity index (χ1) is 10.2. The zero-order chi connectivity index (χ0) is 14.8. The summed E-state index contributed by atoms with van der Waals surface area (Å²) in [6, 6.07) is 4.54. The second kappa shape index (κ2) is 5.40. The number of hydrogen-bond donors (Lipinski definition) is 2. The molecule has 2 aromatic rings. The van der Waals surface area contributed by atoms with Crippen LogP contribution in [0.15, 0.2) is 35.1 Å². The van der Waals surface area contributed by atoms with Gasteiger partial charge in [-0.25, -0.2) is 4.79 Å². The molecule has 1 unspecified atom stereocenters. The predicted molar refractivity (Wildman–Crippen MR) is 73.0 cm³/mol. The van der Waals surface area contributed by atoms with Crippen molar-refractivity contribution in [1.29, 1.82) is 0 Å². The Morgan fingerprint density at radius 1 is 1.38 bits per heavy atom. The van der Waals surface area contributed by atoms with E-state index in [0.717, 1.165) is 30.6 Å². The predicted octanol–water partition coefficient (Wildman–Crippen LogP) is 2.18. The minimum absolute atomic E-state index is 0.0689. The number of aromatic carboxylic acids is 1. The van der Waals surface area contributed by atoms with Crippen molar-refractivity contribution in [2.75, 3.05) is 0 Å². The molecule has 0 aromatic carbocycles. The van der Waals surface area contributed by atoms with Crippen LogP contribution in [0.3, 0.4) is 0 Å². The molecule has 0 aliphatic heterocycles. The van der Waals surface area contributed by atoms with E-state index < -0.39 is 11.9 Å². The van der Waals surface area contributed by atoms with Crippen molar-refractivity contribution >= 4 is 11.9 Å². The molecule has 0 saturated carbocycles. The summed E-state index contributed by atoms with van der Waals surface area (Å²) < 4.78 is 5.37. The largest absolute Gasteiger partial charge is 0.478 e. The van der Waals surface area contributed by atoms with Gasteiger partial charge in [0.05, 0.1) is 17.9 Å². The van der Waals surface area contributed by atoms with Crippen LogP contribution in [0.5, 0.6) is 0 Å². The minimum Gasteiger partial charge on any atom is -0.478 e. The molecule has 21 heavy (non-hydrogen) atoms. The second-order valence-electron chi connectivity index (χ2n) is 4.92. The normalized spacial score (nSPS) is 17.0. The molecule has 2 heterocycles. The molecule has 1 aliphatic rings. The van der Waals surface area contributed by atoms with Gasteiger partial charge in [-0.05, 0) is 31.0 Å². The maximum Gasteiger partial charge on any atom is 0.338 e. The van der Waals surface area contributed by atoms with Crippen molar-refractivity contribution in [1.82, 2.24) is 10.3 Å². The Bertz CT molecular complexity index is 692. The number of fused-ring (bicyclic) bond motifs is 1. The van der Waals surface area contributed by atoms with Gasteiger partial charge >= 0.3 is 5.97 Å². The Morgan fingerprint density at radius 3 is 3.05 bits per heavy atom. The lowest BCUT2D eigenvalue weighted by molar-refractivity contribution is 0.0689. The molecule has 108 valence electrons. The summed E-state index contributed by atoms with van der Waals surface area (Å²) in [6.07, 6.45) is 5.59. The number of nitrogens with zero attached hydrogens (tertiary/aromatic N) is 1. The average Bonchev–Trinajstić information content (AvgIpc) is 2.96. The highest BCUT2D eigenvalue weighted by Gasteiger charge is 2.26. The SMILES string of the molecule is O=C(O)c1cccnc1C(=O)NC1CCCc2occc21. The van der Waals surface area contributed by atoms with E-state index in [0.29, 0.717) is 0 Å². The molecule has 0 fully saturated rings. The van der Waals surface area contributed by atoms with Crippen molar-refractivity contribution in [2.24, 2.45) is 0 Å². The Labute approximate surface area is 120 Å². The average molecular weight is 286 g/mol. The number of pyridine rings is 1. The van der Waals surface area contributed by atoms with E-state index in [-0.39, 0.29) is 17.3 Å². The monoisotopic (exact) mass is 286 g/mol. The van der Waals surface area contributed by atoms with Crippen molar-refractivity contribution in [3.05, 3.63) is 53.2 Å². The van der Waals surface area contributed by atoms with Crippen molar-refractivity contribution < 1.29 is 19.1 Å². The van der Waals surface area contributed by atoms with Crippen LogP contribution in [0.2, 0.25) is 0 Å². The Kier molecular flexibility index (Phi) is 3.43. The fraction of sp³-hybridized carbons (Fsp3) is 0.267. The molecule has 2 N–H and O–H groups in total. The molecule has 1 aliphatic carbocycles. The highest BCUT2D eigenvalue weighted by atomic mass is 16.4. The molecular weight excluding hydrogens is 272 g/mol. The number of aromatic nitrogens is 1. The molecule has 1 amide bonds. The summed E-state index contributed by atoms with van der Waals surface area (Å²) in [7, 11) is 0. The van der Waals surface area contributed by atoms with Gasteiger partial charge in [-0.1, -0.05) is 0 Å². The first kappa shape index (κ1) is 13.4. The molecule has 3 rings (SSSR count). The van der Waals surface area contributed by atoms with Crippen LogP contribution >= 0.6 is 0 Å². The quantitative estimate of drug-likeness (QED) is 0.902. The number of rotatable bonds is 3. The van der Waals surface area contributed by atoms with Gasteiger partial charge in [-0.3, -0.25) is 9.78 Å². The fourth-order valence-electron chi connectivity index (χ4n) is 2.62. The molecule has 0 bridgehead atoms. The number of carbonyl (C=O) groups excluding carboxylic acids is 1. The zero-order valence-electron chi connectivity index (χ0n) is 11.2. The van der Waals surface area contributed by atoms with E-state index in [1.165, 1.54) is 18.3 Å². The summed E-state index contributed by atoms with van der Waals surface area (Å²) in [5.74, 6) is -0.765. The number of furan rings is 1. The van der Waals surface area contributed by atoms with Crippen molar-refractivity contribution in [2.45, 2.75) is 25.3 Å². The molecule has 1 atom stereocenters. The van der Waals surface area contributed by atoms with Gasteiger partial charge in [0.25, 0.3) is 5.91 Å². The van der Waals surface area contributed by atoms with E-state index in [2.05, 4.69) is 10.3 Å². The molecule has 6 heteroatoms. The van der Waals surface area contributed by atoms with Crippen molar-refractivity contribution in [3.8, 4) is 0 Å². The highest BCUT2D eigenvalue weighted by Crippen LogP contribution is 2.30. The van der Waals surface area contributed by atoms with Crippen LogP contribution in [0, 0.1) is 0 Å². The minimum atomic E-state index is -1.17. The van der Waals surface area contributed by atoms with Gasteiger partial charge in [0.2, 0.25) is 0 Å². The van der Waals surface area contributed by atoms with Gasteiger partial charge < -0.3 is 14.8 Å². The van der Waals surface area contributed by atoms with Crippen LogP contribution in [0.25, 0.3) is 0 Å². The lowest BCUT2D eigenvalue weighted by Crippen LogP contribution is -2.32. The zero-order valence-corrected chi connectivity index (χ0v) is 11.2. The Balaban J connectivity index is 1.84.